The van der Waals surface area contributed by atoms with Crippen LogP contribution in [0, 0.1) is 0 Å². The van der Waals surface area contributed by atoms with E-state index in [2.05, 4.69) is 10.3 Å². The number of fused-ring (bicyclic) bond motifs is 1. The van der Waals surface area contributed by atoms with Crippen LogP contribution in [0.4, 0.5) is 11.4 Å². The molecule has 24 heavy (non-hydrogen) atoms. The molecule has 1 N–H and O–H groups in total. The number of benzene rings is 2. The van der Waals surface area contributed by atoms with Crippen molar-refractivity contribution in [3.63, 3.8) is 0 Å². The molecule has 4 rings (SSSR count). The van der Waals surface area contributed by atoms with Crippen LogP contribution < -0.4 is 10.2 Å². The Hall–Kier alpha value is -2.85. The van der Waals surface area contributed by atoms with Gasteiger partial charge >= 0.3 is 0 Å². The number of carbonyl (C=O) groups is 1. The lowest BCUT2D eigenvalue weighted by Crippen LogP contribution is -2.43. The van der Waals surface area contributed by atoms with Crippen molar-refractivity contribution < 1.29 is 4.79 Å². The van der Waals surface area contributed by atoms with Crippen LogP contribution in [0.15, 0.2) is 72.9 Å². The van der Waals surface area contributed by atoms with Gasteiger partial charge in [0.2, 0.25) is 0 Å². The van der Waals surface area contributed by atoms with E-state index in [1.165, 1.54) is 0 Å². The normalized spacial score (nSPS) is 16.5. The smallest absolute Gasteiger partial charge is 0.262 e. The molecule has 0 saturated carbocycles. The Kier molecular flexibility index (Phi) is 3.67. The van der Waals surface area contributed by atoms with Crippen LogP contribution in [0.1, 0.15) is 22.2 Å². The van der Waals surface area contributed by atoms with Crippen LogP contribution in [0.3, 0.4) is 0 Å². The zero-order valence-corrected chi connectivity index (χ0v) is 13.4. The molecule has 0 spiro atoms. The molecule has 3 aromatic rings. The maximum absolute atomic E-state index is 13.1. The minimum absolute atomic E-state index is 0.0673. The summed E-state index contributed by atoms with van der Waals surface area (Å²) in [5, 5.41) is 4.05. The van der Waals surface area contributed by atoms with Crippen molar-refractivity contribution in [3.05, 3.63) is 89.2 Å². The first-order chi connectivity index (χ1) is 11.7. The third-order valence-corrected chi connectivity index (χ3v) is 4.25. The van der Waals surface area contributed by atoms with Crippen molar-refractivity contribution >= 4 is 28.9 Å². The van der Waals surface area contributed by atoms with Crippen molar-refractivity contribution in [2.75, 3.05) is 10.2 Å². The summed E-state index contributed by atoms with van der Waals surface area (Å²) in [6.07, 6.45) is 1.34. The van der Waals surface area contributed by atoms with Crippen LogP contribution in [-0.2, 0) is 0 Å². The quantitative estimate of drug-likeness (QED) is 0.749. The number of halogens is 1. The molecule has 0 unspecified atom stereocenters. The van der Waals surface area contributed by atoms with Crippen LogP contribution >= 0.6 is 11.6 Å². The zero-order valence-electron chi connectivity index (χ0n) is 12.7. The van der Waals surface area contributed by atoms with Gasteiger partial charge in [-0.2, -0.15) is 0 Å². The molecule has 1 atom stereocenters. The molecule has 0 bridgehead atoms. The molecule has 0 aliphatic carbocycles. The fourth-order valence-corrected chi connectivity index (χ4v) is 2.99. The lowest BCUT2D eigenvalue weighted by Gasteiger charge is -2.37. The van der Waals surface area contributed by atoms with Gasteiger partial charge in [-0.1, -0.05) is 29.8 Å². The highest BCUT2D eigenvalue weighted by Crippen LogP contribution is 2.36. The summed E-state index contributed by atoms with van der Waals surface area (Å²) in [7, 11) is 0. The van der Waals surface area contributed by atoms with E-state index in [1.54, 1.807) is 23.2 Å². The van der Waals surface area contributed by atoms with Gasteiger partial charge in [-0.3, -0.25) is 14.7 Å². The monoisotopic (exact) mass is 335 g/mol. The number of carbonyl (C=O) groups excluding carboxylic acids is 1. The number of amides is 1. The number of hydrogen-bond acceptors (Lipinski definition) is 3. The van der Waals surface area contributed by atoms with E-state index < -0.39 is 0 Å². The molecular formula is C19H14ClN3O. The van der Waals surface area contributed by atoms with Gasteiger partial charge in [0.25, 0.3) is 5.91 Å². The minimum Gasteiger partial charge on any atom is -0.359 e. The average Bonchev–Trinajstić information content (AvgIpc) is 2.63. The molecule has 2 heterocycles. The van der Waals surface area contributed by atoms with Crippen LogP contribution in [0.2, 0.25) is 5.02 Å². The van der Waals surface area contributed by atoms with Crippen LogP contribution in [-0.4, -0.2) is 10.9 Å². The Morgan fingerprint density at radius 3 is 2.46 bits per heavy atom. The predicted octanol–water partition coefficient (Wildman–Crippen LogP) is 4.51. The van der Waals surface area contributed by atoms with Crippen molar-refractivity contribution in [2.45, 2.75) is 6.17 Å². The first-order valence-corrected chi connectivity index (χ1v) is 7.97. The third-order valence-electron chi connectivity index (χ3n) is 4.00. The largest absolute Gasteiger partial charge is 0.359 e. The van der Waals surface area contributed by atoms with Gasteiger partial charge in [0, 0.05) is 22.6 Å². The second-order valence-corrected chi connectivity index (χ2v) is 5.94. The highest BCUT2D eigenvalue weighted by atomic mass is 35.5. The number of aromatic nitrogens is 1. The van der Waals surface area contributed by atoms with Crippen molar-refractivity contribution in [1.29, 1.82) is 0 Å². The highest BCUT2D eigenvalue weighted by molar-refractivity contribution is 6.30. The fourth-order valence-electron chi connectivity index (χ4n) is 2.87. The number of nitrogens with zero attached hydrogens (tertiary/aromatic N) is 2. The fraction of sp³-hybridized carbons (Fsp3) is 0.0526. The second kappa shape index (κ2) is 5.98. The average molecular weight is 336 g/mol. The number of hydrogen-bond donors (Lipinski definition) is 1. The van der Waals surface area contributed by atoms with E-state index in [0.717, 1.165) is 17.1 Å². The van der Waals surface area contributed by atoms with E-state index in [9.17, 15) is 4.79 Å². The van der Waals surface area contributed by atoms with Gasteiger partial charge in [-0.05, 0) is 48.5 Å². The summed E-state index contributed by atoms with van der Waals surface area (Å²) in [6, 6.07) is 20.4. The number of anilines is 2. The van der Waals surface area contributed by atoms with Crippen molar-refractivity contribution in [2.24, 2.45) is 0 Å². The van der Waals surface area contributed by atoms with E-state index in [1.807, 2.05) is 54.6 Å². The molecule has 118 valence electrons. The summed E-state index contributed by atoms with van der Waals surface area (Å²) in [5.41, 5.74) is 2.99. The SMILES string of the molecule is O=C1c2ccccc2N[C@@H](c2ccccn2)N1c1ccc(Cl)cc1. The Labute approximate surface area is 144 Å². The summed E-state index contributed by atoms with van der Waals surface area (Å²) in [5.74, 6) is -0.0673. The first-order valence-electron chi connectivity index (χ1n) is 7.60. The molecule has 4 nitrogen and oxygen atoms in total. The molecule has 0 fully saturated rings. The summed E-state index contributed by atoms with van der Waals surface area (Å²) < 4.78 is 0. The first kappa shape index (κ1) is 14.7. The zero-order chi connectivity index (χ0) is 16.5. The van der Waals surface area contributed by atoms with E-state index in [0.29, 0.717) is 10.6 Å². The summed E-state index contributed by atoms with van der Waals surface area (Å²) in [4.78, 5) is 19.2. The number of pyridine rings is 1. The minimum atomic E-state index is -0.380. The van der Waals surface area contributed by atoms with Gasteiger partial charge in [0.1, 0.15) is 0 Å². The van der Waals surface area contributed by atoms with Gasteiger partial charge in [0.05, 0.1) is 11.3 Å². The van der Waals surface area contributed by atoms with E-state index in [-0.39, 0.29) is 12.1 Å². The van der Waals surface area contributed by atoms with Crippen LogP contribution in [0.5, 0.6) is 0 Å². The molecule has 1 aromatic heterocycles. The Bertz CT molecular complexity index is 881. The lowest BCUT2D eigenvalue weighted by molar-refractivity contribution is 0.0974. The second-order valence-electron chi connectivity index (χ2n) is 5.50. The van der Waals surface area contributed by atoms with Gasteiger partial charge in [0.15, 0.2) is 6.17 Å². The summed E-state index contributed by atoms with van der Waals surface area (Å²) >= 11 is 5.99. The number of nitrogens with one attached hydrogen (secondary N) is 1. The Balaban J connectivity index is 1.86. The maximum Gasteiger partial charge on any atom is 0.262 e. The molecular weight excluding hydrogens is 322 g/mol. The van der Waals surface area contributed by atoms with E-state index >= 15 is 0 Å². The molecule has 1 aliphatic rings. The lowest BCUT2D eigenvalue weighted by atomic mass is 10.0. The molecule has 2 aromatic carbocycles. The van der Waals surface area contributed by atoms with Gasteiger partial charge in [-0.25, -0.2) is 0 Å². The van der Waals surface area contributed by atoms with E-state index in [4.69, 9.17) is 11.6 Å². The maximum atomic E-state index is 13.1. The standard InChI is InChI=1S/C19H14ClN3O/c20-13-8-10-14(11-9-13)23-18(17-7-3-4-12-21-17)22-16-6-2-1-5-15(16)19(23)24/h1-12,18,22H/t18-/m1/s1. The molecule has 0 radical (unpaired) electrons. The molecule has 1 aliphatic heterocycles. The van der Waals surface area contributed by atoms with Crippen molar-refractivity contribution in [1.82, 2.24) is 4.98 Å². The topological polar surface area (TPSA) is 45.2 Å². The Morgan fingerprint density at radius 2 is 1.71 bits per heavy atom. The predicted molar refractivity (Wildman–Crippen MR) is 95.3 cm³/mol. The van der Waals surface area contributed by atoms with Gasteiger partial charge < -0.3 is 5.32 Å². The third kappa shape index (κ3) is 2.51. The number of para-hydroxylation sites is 1. The molecule has 0 saturated heterocycles. The van der Waals surface area contributed by atoms with Gasteiger partial charge in [-0.15, -0.1) is 0 Å². The van der Waals surface area contributed by atoms with Crippen molar-refractivity contribution in [3.8, 4) is 0 Å². The molecule has 5 heteroatoms. The summed E-state index contributed by atoms with van der Waals surface area (Å²) in [6.45, 7) is 0. The number of rotatable bonds is 2. The molecule has 1 amide bonds. The Morgan fingerprint density at radius 1 is 0.958 bits per heavy atom. The highest BCUT2D eigenvalue weighted by Gasteiger charge is 2.34. The van der Waals surface area contributed by atoms with Crippen LogP contribution in [0.25, 0.3) is 0 Å².